The van der Waals surface area contributed by atoms with Gasteiger partial charge >= 0.3 is 0 Å². The van der Waals surface area contributed by atoms with Crippen LogP contribution in [0, 0.1) is 5.92 Å². The highest BCUT2D eigenvalue weighted by Gasteiger charge is 2.15. The first-order valence-corrected chi connectivity index (χ1v) is 8.37. The molecule has 1 unspecified atom stereocenters. The van der Waals surface area contributed by atoms with Crippen molar-refractivity contribution in [1.29, 1.82) is 0 Å². The smallest absolute Gasteiger partial charge is 0.224 e. The predicted octanol–water partition coefficient (Wildman–Crippen LogP) is 3.75. The number of hydrogen-bond acceptors (Lipinski definition) is 2. The van der Waals surface area contributed by atoms with Gasteiger partial charge in [-0.25, -0.2) is 0 Å². The van der Waals surface area contributed by atoms with Crippen molar-refractivity contribution in [2.75, 3.05) is 18.4 Å². The highest BCUT2D eigenvalue weighted by atomic mass is 16.1. The molecule has 1 aliphatic rings. The number of unbranched alkanes of at least 4 members (excludes halogenated alkanes) is 2. The van der Waals surface area contributed by atoms with E-state index in [0.717, 1.165) is 31.6 Å². The number of benzene rings is 1. The zero-order chi connectivity index (χ0) is 14.9. The van der Waals surface area contributed by atoms with E-state index in [1.165, 1.54) is 31.2 Å². The summed E-state index contributed by atoms with van der Waals surface area (Å²) in [4.78, 5) is 11.9. The number of rotatable bonds is 8. The minimum atomic E-state index is 0.139. The van der Waals surface area contributed by atoms with E-state index in [1.807, 2.05) is 12.1 Å². The molecule has 1 aliphatic heterocycles. The maximum absolute atomic E-state index is 11.9. The van der Waals surface area contributed by atoms with Gasteiger partial charge in [0.15, 0.2) is 0 Å². The Balaban J connectivity index is 1.70. The van der Waals surface area contributed by atoms with Crippen LogP contribution < -0.4 is 10.6 Å². The first-order chi connectivity index (χ1) is 10.3. The Kier molecular flexibility index (Phi) is 6.74. The van der Waals surface area contributed by atoms with Gasteiger partial charge in [0.1, 0.15) is 0 Å². The molecular formula is C18H28N2O. The molecule has 116 valence electrons. The summed E-state index contributed by atoms with van der Waals surface area (Å²) < 4.78 is 0. The lowest BCUT2D eigenvalue weighted by atomic mass is 10.0. The van der Waals surface area contributed by atoms with E-state index in [0.29, 0.717) is 12.3 Å². The van der Waals surface area contributed by atoms with Crippen LogP contribution in [0.5, 0.6) is 0 Å². The molecule has 0 aliphatic carbocycles. The van der Waals surface area contributed by atoms with Gasteiger partial charge in [0, 0.05) is 12.1 Å². The third-order valence-corrected chi connectivity index (χ3v) is 4.25. The van der Waals surface area contributed by atoms with Crippen molar-refractivity contribution >= 4 is 11.6 Å². The van der Waals surface area contributed by atoms with Crippen LogP contribution in [0.15, 0.2) is 24.3 Å². The SMILES string of the molecule is CCCCCc1ccc(NC(=O)CCC2CCNC2)cc1. The first kappa shape index (κ1) is 16.0. The Labute approximate surface area is 128 Å². The molecule has 1 saturated heterocycles. The molecule has 0 aromatic heterocycles. The quantitative estimate of drug-likeness (QED) is 0.715. The second-order valence-electron chi connectivity index (χ2n) is 6.10. The van der Waals surface area contributed by atoms with Crippen molar-refractivity contribution in [3.05, 3.63) is 29.8 Å². The summed E-state index contributed by atoms with van der Waals surface area (Å²) in [5.74, 6) is 0.817. The minimum Gasteiger partial charge on any atom is -0.326 e. The number of carbonyl (C=O) groups is 1. The summed E-state index contributed by atoms with van der Waals surface area (Å²) in [6, 6.07) is 8.31. The van der Waals surface area contributed by atoms with Gasteiger partial charge in [-0.15, -0.1) is 0 Å². The molecule has 1 heterocycles. The topological polar surface area (TPSA) is 41.1 Å². The van der Waals surface area contributed by atoms with Crippen LogP contribution in [0.4, 0.5) is 5.69 Å². The van der Waals surface area contributed by atoms with E-state index < -0.39 is 0 Å². The Bertz CT molecular complexity index is 421. The van der Waals surface area contributed by atoms with Crippen LogP contribution in [0.3, 0.4) is 0 Å². The Morgan fingerprint density at radius 1 is 1.29 bits per heavy atom. The van der Waals surface area contributed by atoms with Gasteiger partial charge in [-0.1, -0.05) is 31.9 Å². The third-order valence-electron chi connectivity index (χ3n) is 4.25. The van der Waals surface area contributed by atoms with Gasteiger partial charge in [-0.05, 0) is 62.4 Å². The van der Waals surface area contributed by atoms with E-state index in [9.17, 15) is 4.79 Å². The molecular weight excluding hydrogens is 260 g/mol. The van der Waals surface area contributed by atoms with Crippen LogP contribution in [-0.4, -0.2) is 19.0 Å². The molecule has 2 N–H and O–H groups in total. The summed E-state index contributed by atoms with van der Waals surface area (Å²) in [6.07, 6.45) is 7.76. The zero-order valence-corrected chi connectivity index (χ0v) is 13.2. The average Bonchev–Trinajstić information content (AvgIpc) is 3.01. The van der Waals surface area contributed by atoms with Crippen molar-refractivity contribution in [1.82, 2.24) is 5.32 Å². The van der Waals surface area contributed by atoms with Gasteiger partial charge in [-0.3, -0.25) is 4.79 Å². The van der Waals surface area contributed by atoms with Crippen LogP contribution in [0.2, 0.25) is 0 Å². The van der Waals surface area contributed by atoms with Crippen LogP contribution in [-0.2, 0) is 11.2 Å². The number of amides is 1. The molecule has 1 fully saturated rings. The highest BCUT2D eigenvalue weighted by Crippen LogP contribution is 2.16. The van der Waals surface area contributed by atoms with Crippen molar-refractivity contribution < 1.29 is 4.79 Å². The van der Waals surface area contributed by atoms with Crippen LogP contribution in [0.25, 0.3) is 0 Å². The largest absolute Gasteiger partial charge is 0.326 e. The van der Waals surface area contributed by atoms with Crippen LogP contribution in [0.1, 0.15) is 51.0 Å². The molecule has 0 bridgehead atoms. The van der Waals surface area contributed by atoms with Crippen LogP contribution >= 0.6 is 0 Å². The lowest BCUT2D eigenvalue weighted by Gasteiger charge is -2.09. The molecule has 0 saturated carbocycles. The molecule has 1 aromatic carbocycles. The predicted molar refractivity (Wildman–Crippen MR) is 88.5 cm³/mol. The monoisotopic (exact) mass is 288 g/mol. The maximum Gasteiger partial charge on any atom is 0.224 e. The number of nitrogens with one attached hydrogen (secondary N) is 2. The Hall–Kier alpha value is -1.35. The molecule has 0 spiro atoms. The van der Waals surface area contributed by atoms with Crippen molar-refractivity contribution in [3.63, 3.8) is 0 Å². The molecule has 1 aromatic rings. The Morgan fingerprint density at radius 3 is 2.76 bits per heavy atom. The van der Waals surface area contributed by atoms with Crippen molar-refractivity contribution in [2.45, 2.75) is 51.9 Å². The van der Waals surface area contributed by atoms with Gasteiger partial charge in [-0.2, -0.15) is 0 Å². The first-order valence-electron chi connectivity index (χ1n) is 8.37. The van der Waals surface area contributed by atoms with Gasteiger partial charge < -0.3 is 10.6 Å². The third kappa shape index (κ3) is 5.88. The van der Waals surface area contributed by atoms with E-state index in [1.54, 1.807) is 0 Å². The fourth-order valence-electron chi connectivity index (χ4n) is 2.85. The fraction of sp³-hybridized carbons (Fsp3) is 0.611. The summed E-state index contributed by atoms with van der Waals surface area (Å²) in [7, 11) is 0. The van der Waals surface area contributed by atoms with Crippen molar-refractivity contribution in [3.8, 4) is 0 Å². The summed E-state index contributed by atoms with van der Waals surface area (Å²) in [5, 5.41) is 6.34. The zero-order valence-electron chi connectivity index (χ0n) is 13.2. The van der Waals surface area contributed by atoms with Crippen molar-refractivity contribution in [2.24, 2.45) is 5.92 Å². The second-order valence-corrected chi connectivity index (χ2v) is 6.10. The molecule has 3 nitrogen and oxygen atoms in total. The molecule has 1 atom stereocenters. The maximum atomic E-state index is 11.9. The lowest BCUT2D eigenvalue weighted by molar-refractivity contribution is -0.116. The fourth-order valence-corrected chi connectivity index (χ4v) is 2.85. The minimum absolute atomic E-state index is 0.139. The number of hydrogen-bond donors (Lipinski definition) is 2. The van der Waals surface area contributed by atoms with Gasteiger partial charge in [0.2, 0.25) is 5.91 Å². The molecule has 2 rings (SSSR count). The second kappa shape index (κ2) is 8.83. The molecule has 3 heteroatoms. The van der Waals surface area contributed by atoms with E-state index in [-0.39, 0.29) is 5.91 Å². The number of aryl methyl sites for hydroxylation is 1. The lowest BCUT2D eigenvalue weighted by Crippen LogP contribution is -2.15. The molecule has 21 heavy (non-hydrogen) atoms. The summed E-state index contributed by atoms with van der Waals surface area (Å²) in [6.45, 7) is 4.39. The normalized spacial score (nSPS) is 17.9. The summed E-state index contributed by atoms with van der Waals surface area (Å²) in [5.41, 5.74) is 2.28. The van der Waals surface area contributed by atoms with Gasteiger partial charge in [0.05, 0.1) is 0 Å². The Morgan fingerprint density at radius 2 is 2.10 bits per heavy atom. The van der Waals surface area contributed by atoms with E-state index >= 15 is 0 Å². The van der Waals surface area contributed by atoms with E-state index in [2.05, 4.69) is 29.7 Å². The standard InChI is InChI=1S/C18H28N2O/c1-2-3-4-5-15-6-9-17(10-7-15)20-18(21)11-8-16-12-13-19-14-16/h6-7,9-10,16,19H,2-5,8,11-14H2,1H3,(H,20,21). The van der Waals surface area contributed by atoms with Gasteiger partial charge in [0.25, 0.3) is 0 Å². The average molecular weight is 288 g/mol. The number of anilines is 1. The molecule has 1 amide bonds. The number of carbonyl (C=O) groups excluding carboxylic acids is 1. The summed E-state index contributed by atoms with van der Waals surface area (Å²) >= 11 is 0. The van der Waals surface area contributed by atoms with E-state index in [4.69, 9.17) is 0 Å². The molecule has 0 radical (unpaired) electrons. The highest BCUT2D eigenvalue weighted by molar-refractivity contribution is 5.90.